The van der Waals surface area contributed by atoms with Crippen molar-refractivity contribution in [1.29, 1.82) is 0 Å². The predicted octanol–water partition coefficient (Wildman–Crippen LogP) is 2.32. The Morgan fingerprint density at radius 3 is 2.42 bits per heavy atom. The molecule has 0 heterocycles. The minimum Gasteiger partial charge on any atom is -0.398 e. The number of nitrogen functional groups attached to an aromatic ring is 1. The maximum absolute atomic E-state index is 13.0. The van der Waals surface area contributed by atoms with Crippen LogP contribution in [0.15, 0.2) is 18.2 Å². The van der Waals surface area contributed by atoms with E-state index >= 15 is 0 Å². The smallest absolute Gasteiger partial charge is 0.125 e. The third kappa shape index (κ3) is 3.07. The summed E-state index contributed by atoms with van der Waals surface area (Å²) in [5, 5.41) is 0. The zero-order chi connectivity index (χ0) is 14.0. The molecule has 106 valence electrons. The fraction of sp³-hybridized carbons (Fsp3) is 0.600. The molecule has 0 unspecified atom stereocenters. The first kappa shape index (κ1) is 14.3. The molecule has 2 rings (SSSR count). The summed E-state index contributed by atoms with van der Waals surface area (Å²) in [5.74, 6) is -0.271. The topological polar surface area (TPSA) is 32.5 Å². The van der Waals surface area contributed by atoms with Crippen LogP contribution in [-0.4, -0.2) is 43.0 Å². The van der Waals surface area contributed by atoms with Gasteiger partial charge in [0, 0.05) is 24.3 Å². The second-order valence-electron chi connectivity index (χ2n) is 5.99. The average molecular weight is 265 g/mol. The van der Waals surface area contributed by atoms with Gasteiger partial charge in [-0.05, 0) is 58.1 Å². The Balaban J connectivity index is 1.99. The molecule has 3 nitrogen and oxygen atoms in total. The van der Waals surface area contributed by atoms with Crippen molar-refractivity contribution in [2.45, 2.75) is 31.3 Å². The highest BCUT2D eigenvalue weighted by atomic mass is 19.1. The number of hydrogen-bond donors (Lipinski definition) is 1. The van der Waals surface area contributed by atoms with E-state index in [4.69, 9.17) is 5.73 Å². The van der Waals surface area contributed by atoms with E-state index in [1.165, 1.54) is 31.4 Å². The minimum atomic E-state index is -0.271. The van der Waals surface area contributed by atoms with E-state index < -0.39 is 0 Å². The molecule has 0 aromatic heterocycles. The summed E-state index contributed by atoms with van der Waals surface area (Å²) in [6.07, 6.45) is 3.82. The zero-order valence-electron chi connectivity index (χ0n) is 12.1. The van der Waals surface area contributed by atoms with Crippen molar-refractivity contribution in [2.75, 3.05) is 33.4 Å². The maximum atomic E-state index is 13.0. The normalized spacial score (nSPS) is 17.8. The van der Waals surface area contributed by atoms with Crippen LogP contribution in [-0.2, 0) is 6.54 Å². The van der Waals surface area contributed by atoms with Crippen LogP contribution in [0.3, 0.4) is 0 Å². The zero-order valence-corrected chi connectivity index (χ0v) is 12.1. The fourth-order valence-electron chi connectivity index (χ4n) is 2.89. The van der Waals surface area contributed by atoms with Gasteiger partial charge in [0.25, 0.3) is 0 Å². The summed E-state index contributed by atoms with van der Waals surface area (Å²) in [6.45, 7) is 1.79. The largest absolute Gasteiger partial charge is 0.398 e. The Morgan fingerprint density at radius 1 is 1.26 bits per heavy atom. The summed E-state index contributed by atoms with van der Waals surface area (Å²) in [4.78, 5) is 4.61. The van der Waals surface area contributed by atoms with Crippen molar-refractivity contribution in [2.24, 2.45) is 0 Å². The van der Waals surface area contributed by atoms with E-state index in [0.29, 0.717) is 11.2 Å². The van der Waals surface area contributed by atoms with Gasteiger partial charge in [-0.3, -0.25) is 0 Å². The molecular weight excluding hydrogens is 241 g/mol. The van der Waals surface area contributed by atoms with Gasteiger partial charge in [0.1, 0.15) is 5.82 Å². The molecule has 4 heteroatoms. The van der Waals surface area contributed by atoms with Gasteiger partial charge in [0.15, 0.2) is 0 Å². The molecule has 0 spiro atoms. The summed E-state index contributed by atoms with van der Waals surface area (Å²) in [7, 11) is 6.41. The van der Waals surface area contributed by atoms with Crippen LogP contribution in [0.25, 0.3) is 0 Å². The van der Waals surface area contributed by atoms with Gasteiger partial charge in [-0.25, -0.2) is 4.39 Å². The van der Waals surface area contributed by atoms with Crippen LogP contribution in [0.1, 0.15) is 24.8 Å². The van der Waals surface area contributed by atoms with E-state index in [2.05, 4.69) is 30.9 Å². The molecule has 1 saturated carbocycles. The Labute approximate surface area is 115 Å². The van der Waals surface area contributed by atoms with Gasteiger partial charge in [0.05, 0.1) is 0 Å². The van der Waals surface area contributed by atoms with E-state index in [-0.39, 0.29) is 5.82 Å². The number of nitrogens with two attached hydrogens (primary N) is 1. The van der Waals surface area contributed by atoms with Crippen LogP contribution >= 0.6 is 0 Å². The first-order chi connectivity index (χ1) is 8.93. The third-order valence-electron chi connectivity index (χ3n) is 4.35. The molecule has 0 bridgehead atoms. The van der Waals surface area contributed by atoms with Crippen molar-refractivity contribution in [3.63, 3.8) is 0 Å². The molecule has 0 radical (unpaired) electrons. The fourth-order valence-corrected chi connectivity index (χ4v) is 2.89. The van der Waals surface area contributed by atoms with Gasteiger partial charge in [-0.15, -0.1) is 0 Å². The molecule has 1 aliphatic carbocycles. The molecule has 0 saturated heterocycles. The highest BCUT2D eigenvalue weighted by Gasteiger charge is 2.39. The molecule has 1 fully saturated rings. The molecule has 19 heavy (non-hydrogen) atoms. The second kappa shape index (κ2) is 5.47. The average Bonchev–Trinajstić information content (AvgIpc) is 2.27. The lowest BCUT2D eigenvalue weighted by atomic mass is 9.75. The quantitative estimate of drug-likeness (QED) is 0.829. The van der Waals surface area contributed by atoms with Crippen molar-refractivity contribution < 1.29 is 4.39 Å². The predicted molar refractivity (Wildman–Crippen MR) is 77.4 cm³/mol. The second-order valence-corrected chi connectivity index (χ2v) is 5.99. The number of likely N-dealkylation sites (N-methyl/N-ethyl adjacent to an activating group) is 2. The number of nitrogens with zero attached hydrogens (tertiary/aromatic N) is 2. The lowest BCUT2D eigenvalue weighted by Gasteiger charge is -2.49. The van der Waals surface area contributed by atoms with Gasteiger partial charge in [-0.2, -0.15) is 0 Å². The van der Waals surface area contributed by atoms with Crippen LogP contribution < -0.4 is 5.73 Å². The Hall–Kier alpha value is -1.13. The van der Waals surface area contributed by atoms with Gasteiger partial charge in [-0.1, -0.05) is 6.07 Å². The van der Waals surface area contributed by atoms with Crippen molar-refractivity contribution >= 4 is 5.69 Å². The lowest BCUT2D eigenvalue weighted by molar-refractivity contribution is 0.0259. The SMILES string of the molecule is CN(Cc1ccc(F)cc1N)CC1(N(C)C)CCC1. The van der Waals surface area contributed by atoms with Gasteiger partial charge in [0.2, 0.25) is 0 Å². The molecule has 0 aliphatic heterocycles. The summed E-state index contributed by atoms with van der Waals surface area (Å²) < 4.78 is 13.0. The number of anilines is 1. The molecule has 1 aromatic carbocycles. The summed E-state index contributed by atoms with van der Waals surface area (Å²) >= 11 is 0. The molecular formula is C15H24FN3. The van der Waals surface area contributed by atoms with E-state index in [9.17, 15) is 4.39 Å². The summed E-state index contributed by atoms with van der Waals surface area (Å²) in [5.41, 5.74) is 7.71. The molecule has 1 aliphatic rings. The van der Waals surface area contributed by atoms with Crippen LogP contribution in [0.4, 0.5) is 10.1 Å². The lowest BCUT2D eigenvalue weighted by Crippen LogP contribution is -2.56. The Morgan fingerprint density at radius 2 is 1.95 bits per heavy atom. The van der Waals surface area contributed by atoms with Crippen LogP contribution in [0.5, 0.6) is 0 Å². The maximum Gasteiger partial charge on any atom is 0.125 e. The molecule has 2 N–H and O–H groups in total. The van der Waals surface area contributed by atoms with E-state index in [1.54, 1.807) is 6.07 Å². The number of benzene rings is 1. The standard InChI is InChI=1S/C15H24FN3/c1-18(2)15(7-4-8-15)11-19(3)10-12-5-6-13(16)9-14(12)17/h5-6,9H,4,7-8,10-11,17H2,1-3H3. The molecule has 0 amide bonds. The molecule has 0 atom stereocenters. The van der Waals surface area contributed by atoms with Crippen LogP contribution in [0, 0.1) is 5.82 Å². The van der Waals surface area contributed by atoms with Gasteiger partial charge >= 0.3 is 0 Å². The van der Waals surface area contributed by atoms with Gasteiger partial charge < -0.3 is 15.5 Å². The highest BCUT2D eigenvalue weighted by Crippen LogP contribution is 2.36. The van der Waals surface area contributed by atoms with Crippen LogP contribution in [0.2, 0.25) is 0 Å². The summed E-state index contributed by atoms with van der Waals surface area (Å²) in [6, 6.07) is 4.66. The third-order valence-corrected chi connectivity index (χ3v) is 4.35. The minimum absolute atomic E-state index is 0.271. The Kier molecular flexibility index (Phi) is 4.11. The van der Waals surface area contributed by atoms with Crippen molar-refractivity contribution in [1.82, 2.24) is 9.80 Å². The first-order valence-corrected chi connectivity index (χ1v) is 6.83. The number of hydrogen-bond acceptors (Lipinski definition) is 3. The van der Waals surface area contributed by atoms with E-state index in [0.717, 1.165) is 18.7 Å². The number of rotatable bonds is 5. The van der Waals surface area contributed by atoms with E-state index in [1.807, 2.05) is 0 Å². The number of halogens is 1. The van der Waals surface area contributed by atoms with Crippen molar-refractivity contribution in [3.8, 4) is 0 Å². The molecule has 1 aromatic rings. The highest BCUT2D eigenvalue weighted by molar-refractivity contribution is 5.46. The first-order valence-electron chi connectivity index (χ1n) is 6.83. The monoisotopic (exact) mass is 265 g/mol. The Bertz CT molecular complexity index is 441. The van der Waals surface area contributed by atoms with Crippen molar-refractivity contribution in [3.05, 3.63) is 29.6 Å².